The molecule has 158 valence electrons. The van der Waals surface area contributed by atoms with Crippen LogP contribution in [0.25, 0.3) is 10.9 Å². The molecule has 1 heterocycles. The molecule has 6 nitrogen and oxygen atoms in total. The van der Waals surface area contributed by atoms with Gasteiger partial charge < -0.3 is 10.2 Å². The lowest BCUT2D eigenvalue weighted by atomic mass is 10.1. The lowest BCUT2D eigenvalue weighted by Crippen LogP contribution is -2.25. The third kappa shape index (κ3) is 5.42. The maximum atomic E-state index is 13.0. The highest BCUT2D eigenvalue weighted by atomic mass is 32.2. The smallest absolute Gasteiger partial charge is 0.262 e. The van der Waals surface area contributed by atoms with Crippen LogP contribution in [0.15, 0.2) is 58.5 Å². The van der Waals surface area contributed by atoms with Gasteiger partial charge in [0.15, 0.2) is 5.16 Å². The molecule has 1 aromatic heterocycles. The second-order valence-electron chi connectivity index (χ2n) is 7.83. The van der Waals surface area contributed by atoms with Crippen LogP contribution in [0.3, 0.4) is 0 Å². The number of thioether (sulfide) groups is 1. The molecule has 0 radical (unpaired) electrons. The highest BCUT2D eigenvalue weighted by molar-refractivity contribution is 7.99. The Hall–Kier alpha value is -2.80. The van der Waals surface area contributed by atoms with Crippen molar-refractivity contribution in [1.29, 1.82) is 0 Å². The highest BCUT2D eigenvalue weighted by Gasteiger charge is 2.14. The van der Waals surface area contributed by atoms with Crippen LogP contribution in [0, 0.1) is 5.92 Å². The molecule has 0 saturated carbocycles. The van der Waals surface area contributed by atoms with Crippen molar-refractivity contribution in [3.8, 4) is 0 Å². The molecule has 0 unspecified atom stereocenters. The first-order valence-electron chi connectivity index (χ1n) is 10.0. The predicted octanol–water partition coefficient (Wildman–Crippen LogP) is 4.24. The summed E-state index contributed by atoms with van der Waals surface area (Å²) in [5, 5.41) is 4.09. The molecule has 0 aliphatic carbocycles. The minimum atomic E-state index is -0.129. The van der Waals surface area contributed by atoms with E-state index < -0.39 is 0 Å². The minimum absolute atomic E-state index is 0.0524. The Balaban J connectivity index is 1.76. The molecule has 1 N–H and O–H groups in total. The Morgan fingerprint density at radius 3 is 2.50 bits per heavy atom. The second kappa shape index (κ2) is 9.80. The minimum Gasteiger partial charge on any atom is -0.378 e. The Morgan fingerprint density at radius 1 is 1.13 bits per heavy atom. The molecular formula is C23H28N4O2S. The maximum Gasteiger partial charge on any atom is 0.262 e. The van der Waals surface area contributed by atoms with Gasteiger partial charge in [-0.2, -0.15) is 0 Å². The number of benzene rings is 2. The van der Waals surface area contributed by atoms with Crippen molar-refractivity contribution < 1.29 is 4.79 Å². The number of carbonyl (C=O) groups excluding carboxylic acids is 1. The molecule has 3 aromatic rings. The first kappa shape index (κ1) is 21.9. The topological polar surface area (TPSA) is 67.2 Å². The number of nitrogens with one attached hydrogen (secondary N) is 1. The standard InChI is InChI=1S/C23H28N4O2S/c1-16(2)13-14-27-22(29)19-7-5-6-8-20(19)25-23(27)30-15-21(28)24-17-9-11-18(12-10-17)26(3)4/h5-12,16H,13-15H2,1-4H3,(H,24,28). The van der Waals surface area contributed by atoms with Gasteiger partial charge in [0.1, 0.15) is 0 Å². The van der Waals surface area contributed by atoms with Crippen molar-refractivity contribution in [3.05, 3.63) is 58.9 Å². The van der Waals surface area contributed by atoms with Crippen LogP contribution < -0.4 is 15.8 Å². The maximum absolute atomic E-state index is 13.0. The van der Waals surface area contributed by atoms with Gasteiger partial charge >= 0.3 is 0 Å². The van der Waals surface area contributed by atoms with Crippen LogP contribution in [0.1, 0.15) is 20.3 Å². The second-order valence-corrected chi connectivity index (χ2v) is 8.77. The zero-order valence-electron chi connectivity index (χ0n) is 17.9. The molecule has 0 fully saturated rings. The summed E-state index contributed by atoms with van der Waals surface area (Å²) in [5.41, 5.74) is 2.42. The van der Waals surface area contributed by atoms with Gasteiger partial charge in [-0.05, 0) is 48.7 Å². The number of fused-ring (bicyclic) bond motifs is 1. The summed E-state index contributed by atoms with van der Waals surface area (Å²) in [6.45, 7) is 4.84. The van der Waals surface area contributed by atoms with E-state index >= 15 is 0 Å². The summed E-state index contributed by atoms with van der Waals surface area (Å²) >= 11 is 1.29. The molecule has 0 atom stereocenters. The zero-order chi connectivity index (χ0) is 21.7. The molecule has 30 heavy (non-hydrogen) atoms. The fraction of sp³-hybridized carbons (Fsp3) is 0.348. The fourth-order valence-electron chi connectivity index (χ4n) is 3.01. The number of amides is 1. The average molecular weight is 425 g/mol. The number of rotatable bonds is 8. The normalized spacial score (nSPS) is 11.1. The highest BCUT2D eigenvalue weighted by Crippen LogP contribution is 2.20. The number of hydrogen-bond acceptors (Lipinski definition) is 5. The molecule has 0 spiro atoms. The van der Waals surface area contributed by atoms with Crippen LogP contribution in [0.2, 0.25) is 0 Å². The van der Waals surface area contributed by atoms with E-state index in [1.165, 1.54) is 11.8 Å². The largest absolute Gasteiger partial charge is 0.378 e. The van der Waals surface area contributed by atoms with Gasteiger partial charge in [-0.1, -0.05) is 37.7 Å². The van der Waals surface area contributed by atoms with Crippen LogP contribution in [0.5, 0.6) is 0 Å². The zero-order valence-corrected chi connectivity index (χ0v) is 18.7. The van der Waals surface area contributed by atoms with Crippen LogP contribution in [-0.2, 0) is 11.3 Å². The number of nitrogens with zero attached hydrogens (tertiary/aromatic N) is 3. The van der Waals surface area contributed by atoms with E-state index in [2.05, 4.69) is 24.1 Å². The Bertz CT molecular complexity index is 1070. The third-order valence-corrected chi connectivity index (χ3v) is 5.73. The van der Waals surface area contributed by atoms with Gasteiger partial charge in [-0.25, -0.2) is 4.98 Å². The van der Waals surface area contributed by atoms with Gasteiger partial charge in [-0.15, -0.1) is 0 Å². The molecule has 3 rings (SSSR count). The van der Waals surface area contributed by atoms with E-state index in [0.29, 0.717) is 28.5 Å². The van der Waals surface area contributed by atoms with Crippen LogP contribution >= 0.6 is 11.8 Å². The van der Waals surface area contributed by atoms with Gasteiger partial charge in [-0.3, -0.25) is 14.2 Å². The number of carbonyl (C=O) groups is 1. The lowest BCUT2D eigenvalue weighted by molar-refractivity contribution is -0.113. The number of hydrogen-bond donors (Lipinski definition) is 1. The van der Waals surface area contributed by atoms with Crippen LogP contribution in [-0.4, -0.2) is 35.3 Å². The molecule has 2 aromatic carbocycles. The van der Waals surface area contributed by atoms with Gasteiger partial charge in [0.05, 0.1) is 16.7 Å². The summed E-state index contributed by atoms with van der Waals surface area (Å²) in [7, 11) is 3.94. The van der Waals surface area contributed by atoms with Crippen molar-refractivity contribution in [2.24, 2.45) is 5.92 Å². The Morgan fingerprint density at radius 2 is 1.83 bits per heavy atom. The molecule has 1 amide bonds. The molecular weight excluding hydrogens is 396 g/mol. The summed E-state index contributed by atoms with van der Waals surface area (Å²) in [6, 6.07) is 15.0. The van der Waals surface area contributed by atoms with Crippen molar-refractivity contribution in [2.75, 3.05) is 30.1 Å². The van der Waals surface area contributed by atoms with Crippen molar-refractivity contribution in [2.45, 2.75) is 32.0 Å². The molecule has 0 bridgehead atoms. The van der Waals surface area contributed by atoms with E-state index in [1.54, 1.807) is 10.6 Å². The first-order chi connectivity index (χ1) is 14.3. The summed E-state index contributed by atoms with van der Waals surface area (Å²) in [4.78, 5) is 32.1. The number of aromatic nitrogens is 2. The molecule has 0 aliphatic rings. The van der Waals surface area contributed by atoms with E-state index in [4.69, 9.17) is 0 Å². The van der Waals surface area contributed by atoms with Gasteiger partial charge in [0.2, 0.25) is 5.91 Å². The third-order valence-electron chi connectivity index (χ3n) is 4.76. The lowest BCUT2D eigenvalue weighted by Gasteiger charge is -2.14. The Kier molecular flexibility index (Phi) is 7.15. The van der Waals surface area contributed by atoms with E-state index in [1.807, 2.05) is 61.5 Å². The summed E-state index contributed by atoms with van der Waals surface area (Å²) in [6.07, 6.45) is 0.873. The number of anilines is 2. The molecule has 0 saturated heterocycles. The van der Waals surface area contributed by atoms with E-state index in [0.717, 1.165) is 17.8 Å². The first-order valence-corrected chi connectivity index (χ1v) is 11.0. The predicted molar refractivity (Wildman–Crippen MR) is 126 cm³/mol. The number of para-hydroxylation sites is 1. The summed E-state index contributed by atoms with van der Waals surface area (Å²) < 4.78 is 1.70. The van der Waals surface area contributed by atoms with Crippen molar-refractivity contribution in [3.63, 3.8) is 0 Å². The quantitative estimate of drug-likeness (QED) is 0.433. The van der Waals surface area contributed by atoms with Crippen LogP contribution in [0.4, 0.5) is 11.4 Å². The fourth-order valence-corrected chi connectivity index (χ4v) is 3.84. The van der Waals surface area contributed by atoms with Crippen molar-refractivity contribution in [1.82, 2.24) is 9.55 Å². The Labute approximate surface area is 181 Å². The van der Waals surface area contributed by atoms with Crippen molar-refractivity contribution >= 4 is 39.9 Å². The molecule has 0 aliphatic heterocycles. The average Bonchev–Trinajstić information content (AvgIpc) is 2.72. The molecule has 7 heteroatoms. The van der Waals surface area contributed by atoms with E-state index in [9.17, 15) is 9.59 Å². The van der Waals surface area contributed by atoms with Gasteiger partial charge in [0.25, 0.3) is 5.56 Å². The SMILES string of the molecule is CC(C)CCn1c(SCC(=O)Nc2ccc(N(C)C)cc2)nc2ccccc2c1=O. The summed E-state index contributed by atoms with van der Waals surface area (Å²) in [5.74, 6) is 0.520. The van der Waals surface area contributed by atoms with Gasteiger partial charge in [0, 0.05) is 32.0 Å². The monoisotopic (exact) mass is 424 g/mol. The van der Waals surface area contributed by atoms with E-state index in [-0.39, 0.29) is 17.2 Å².